The number of aryl methyl sites for hydroxylation is 1. The van der Waals surface area contributed by atoms with Gasteiger partial charge >= 0.3 is 0 Å². The molecule has 1 unspecified atom stereocenters. The molecule has 0 aromatic heterocycles. The number of rotatable bonds is 3. The number of nitrogens with one attached hydrogen (secondary N) is 1. The average Bonchev–Trinajstić information content (AvgIpc) is 2.34. The number of halogens is 2. The van der Waals surface area contributed by atoms with Gasteiger partial charge in [-0.3, -0.25) is 0 Å². The largest absolute Gasteiger partial charge is 0.378 e. The zero-order valence-electron chi connectivity index (χ0n) is 10.4. The van der Waals surface area contributed by atoms with Crippen LogP contribution in [0.4, 0.5) is 5.69 Å². The molecule has 94 valence electrons. The van der Waals surface area contributed by atoms with Gasteiger partial charge in [0.1, 0.15) is 0 Å². The fraction of sp³-hybridized carbons (Fsp3) is 0.200. The second-order valence-corrected chi connectivity index (χ2v) is 6.54. The van der Waals surface area contributed by atoms with E-state index in [2.05, 4.69) is 100 Å². The highest BCUT2D eigenvalue weighted by atomic mass is 127. The Kier molecular flexibility index (Phi) is 4.67. The van der Waals surface area contributed by atoms with Crippen molar-refractivity contribution in [1.29, 1.82) is 0 Å². The van der Waals surface area contributed by atoms with Crippen LogP contribution in [0.25, 0.3) is 0 Å². The number of hydrogen-bond acceptors (Lipinski definition) is 1. The van der Waals surface area contributed by atoms with E-state index in [0.29, 0.717) is 6.04 Å². The van der Waals surface area contributed by atoms with E-state index in [-0.39, 0.29) is 0 Å². The highest BCUT2D eigenvalue weighted by Gasteiger charge is 2.07. The standard InChI is InChI=1S/C15H15BrIN/c1-10-3-6-13(16)9-15(10)18-11(2)12-4-7-14(17)8-5-12/h3-9,11,18H,1-2H3. The zero-order chi connectivity index (χ0) is 13.1. The van der Waals surface area contributed by atoms with Gasteiger partial charge in [0.05, 0.1) is 0 Å². The van der Waals surface area contributed by atoms with E-state index in [4.69, 9.17) is 0 Å². The van der Waals surface area contributed by atoms with E-state index < -0.39 is 0 Å². The molecule has 0 fully saturated rings. The van der Waals surface area contributed by atoms with Crippen molar-refractivity contribution >= 4 is 44.2 Å². The predicted octanol–water partition coefficient (Wildman–Crippen LogP) is 5.54. The Morgan fingerprint density at radius 3 is 2.44 bits per heavy atom. The molecule has 0 aliphatic rings. The van der Waals surface area contributed by atoms with E-state index >= 15 is 0 Å². The number of benzene rings is 2. The first kappa shape index (κ1) is 13.9. The second-order valence-electron chi connectivity index (χ2n) is 4.38. The van der Waals surface area contributed by atoms with Gasteiger partial charge in [-0.15, -0.1) is 0 Å². The molecule has 0 saturated heterocycles. The van der Waals surface area contributed by atoms with E-state index in [9.17, 15) is 0 Å². The minimum Gasteiger partial charge on any atom is -0.378 e. The first-order chi connectivity index (χ1) is 8.56. The van der Waals surface area contributed by atoms with Crippen molar-refractivity contribution in [2.45, 2.75) is 19.9 Å². The number of hydrogen-bond donors (Lipinski definition) is 1. The topological polar surface area (TPSA) is 12.0 Å². The van der Waals surface area contributed by atoms with E-state index in [0.717, 1.165) is 4.47 Å². The van der Waals surface area contributed by atoms with Crippen molar-refractivity contribution < 1.29 is 0 Å². The maximum absolute atomic E-state index is 3.55. The molecule has 0 radical (unpaired) electrons. The molecule has 3 heteroatoms. The van der Waals surface area contributed by atoms with Crippen LogP contribution in [0.1, 0.15) is 24.1 Å². The van der Waals surface area contributed by atoms with Crippen molar-refractivity contribution in [3.8, 4) is 0 Å². The van der Waals surface area contributed by atoms with Crippen LogP contribution < -0.4 is 5.32 Å². The monoisotopic (exact) mass is 415 g/mol. The van der Waals surface area contributed by atoms with Crippen molar-refractivity contribution in [2.75, 3.05) is 5.32 Å². The molecule has 0 heterocycles. The van der Waals surface area contributed by atoms with Gasteiger partial charge in [-0.2, -0.15) is 0 Å². The minimum absolute atomic E-state index is 0.301. The Hall–Kier alpha value is -0.550. The molecule has 2 aromatic carbocycles. The van der Waals surface area contributed by atoms with Crippen LogP contribution in [0.3, 0.4) is 0 Å². The summed E-state index contributed by atoms with van der Waals surface area (Å²) in [5.74, 6) is 0. The molecule has 0 aliphatic carbocycles. The molecule has 0 aliphatic heterocycles. The van der Waals surface area contributed by atoms with Gasteiger partial charge in [-0.05, 0) is 71.8 Å². The van der Waals surface area contributed by atoms with Crippen LogP contribution in [0.15, 0.2) is 46.9 Å². The third-order valence-electron chi connectivity index (χ3n) is 2.94. The summed E-state index contributed by atoms with van der Waals surface area (Å²) in [5, 5.41) is 3.55. The number of anilines is 1. The van der Waals surface area contributed by atoms with Gasteiger partial charge in [0.25, 0.3) is 0 Å². The van der Waals surface area contributed by atoms with E-state index in [1.807, 2.05) is 0 Å². The van der Waals surface area contributed by atoms with Gasteiger partial charge in [-0.1, -0.05) is 34.1 Å². The van der Waals surface area contributed by atoms with Gasteiger partial charge in [0.15, 0.2) is 0 Å². The van der Waals surface area contributed by atoms with Crippen molar-refractivity contribution in [3.63, 3.8) is 0 Å². The predicted molar refractivity (Wildman–Crippen MR) is 90.1 cm³/mol. The van der Waals surface area contributed by atoms with Crippen LogP contribution in [-0.2, 0) is 0 Å². The maximum Gasteiger partial charge on any atom is 0.0485 e. The summed E-state index contributed by atoms with van der Waals surface area (Å²) >= 11 is 5.84. The molecule has 0 saturated carbocycles. The average molecular weight is 416 g/mol. The Bertz CT molecular complexity index is 537. The fourth-order valence-electron chi connectivity index (χ4n) is 1.82. The third-order valence-corrected chi connectivity index (χ3v) is 4.15. The first-order valence-electron chi connectivity index (χ1n) is 5.84. The molecule has 0 bridgehead atoms. The molecule has 0 amide bonds. The summed E-state index contributed by atoms with van der Waals surface area (Å²) in [6.45, 7) is 4.30. The fourth-order valence-corrected chi connectivity index (χ4v) is 2.54. The highest BCUT2D eigenvalue weighted by Crippen LogP contribution is 2.25. The van der Waals surface area contributed by atoms with Crippen molar-refractivity contribution in [1.82, 2.24) is 0 Å². The van der Waals surface area contributed by atoms with Crippen LogP contribution in [0, 0.1) is 10.5 Å². The lowest BCUT2D eigenvalue weighted by atomic mass is 10.1. The van der Waals surface area contributed by atoms with Crippen molar-refractivity contribution in [2.24, 2.45) is 0 Å². The third kappa shape index (κ3) is 3.48. The molecule has 1 N–H and O–H groups in total. The van der Waals surface area contributed by atoms with Gasteiger partial charge in [-0.25, -0.2) is 0 Å². The smallest absolute Gasteiger partial charge is 0.0485 e. The van der Waals surface area contributed by atoms with Crippen LogP contribution in [0.5, 0.6) is 0 Å². The lowest BCUT2D eigenvalue weighted by Crippen LogP contribution is -2.07. The zero-order valence-corrected chi connectivity index (χ0v) is 14.1. The highest BCUT2D eigenvalue weighted by molar-refractivity contribution is 14.1. The van der Waals surface area contributed by atoms with Gasteiger partial charge < -0.3 is 5.32 Å². The Morgan fingerprint density at radius 2 is 1.78 bits per heavy atom. The van der Waals surface area contributed by atoms with Crippen molar-refractivity contribution in [3.05, 3.63) is 61.6 Å². The molecule has 18 heavy (non-hydrogen) atoms. The Labute approximate surface area is 130 Å². The lowest BCUT2D eigenvalue weighted by molar-refractivity contribution is 0.882. The molecular formula is C15H15BrIN. The lowest BCUT2D eigenvalue weighted by Gasteiger charge is -2.18. The molecule has 1 atom stereocenters. The van der Waals surface area contributed by atoms with Crippen LogP contribution in [0.2, 0.25) is 0 Å². The molecular weight excluding hydrogens is 401 g/mol. The van der Waals surface area contributed by atoms with E-state index in [1.165, 1.54) is 20.4 Å². The summed E-state index contributed by atoms with van der Waals surface area (Å²) in [4.78, 5) is 0. The summed E-state index contributed by atoms with van der Waals surface area (Å²) in [6.07, 6.45) is 0. The molecule has 2 rings (SSSR count). The van der Waals surface area contributed by atoms with Crippen LogP contribution >= 0.6 is 38.5 Å². The summed E-state index contributed by atoms with van der Waals surface area (Å²) in [7, 11) is 0. The molecule has 2 aromatic rings. The Balaban J connectivity index is 2.18. The summed E-state index contributed by atoms with van der Waals surface area (Å²) in [6, 6.07) is 15.2. The Morgan fingerprint density at radius 1 is 1.11 bits per heavy atom. The van der Waals surface area contributed by atoms with Gasteiger partial charge in [0.2, 0.25) is 0 Å². The SMILES string of the molecule is Cc1ccc(Br)cc1NC(C)c1ccc(I)cc1. The summed E-state index contributed by atoms with van der Waals surface area (Å²) < 4.78 is 2.37. The second kappa shape index (κ2) is 6.06. The van der Waals surface area contributed by atoms with Crippen LogP contribution in [-0.4, -0.2) is 0 Å². The van der Waals surface area contributed by atoms with E-state index in [1.54, 1.807) is 0 Å². The van der Waals surface area contributed by atoms with Gasteiger partial charge in [0, 0.05) is 19.8 Å². The maximum atomic E-state index is 3.55. The molecule has 0 spiro atoms. The minimum atomic E-state index is 0.301. The normalized spacial score (nSPS) is 12.2. The summed E-state index contributed by atoms with van der Waals surface area (Å²) in [5.41, 5.74) is 3.74. The first-order valence-corrected chi connectivity index (χ1v) is 7.71. The molecule has 1 nitrogen and oxygen atoms in total. The quantitative estimate of drug-likeness (QED) is 0.649.